The smallest absolute Gasteiger partial charge is 0.309 e. The van der Waals surface area contributed by atoms with Gasteiger partial charge < -0.3 is 10.0 Å². The van der Waals surface area contributed by atoms with E-state index in [9.17, 15) is 4.79 Å². The molecule has 0 aromatic rings. The van der Waals surface area contributed by atoms with Crippen LogP contribution in [0.15, 0.2) is 0 Å². The van der Waals surface area contributed by atoms with E-state index in [0.29, 0.717) is 0 Å². The molecule has 1 atom stereocenters. The average molecular weight is 227 g/mol. The van der Waals surface area contributed by atoms with Crippen molar-refractivity contribution in [1.29, 1.82) is 0 Å². The summed E-state index contributed by atoms with van der Waals surface area (Å²) in [5.74, 6) is 0.137. The van der Waals surface area contributed by atoms with Crippen molar-refractivity contribution in [2.24, 2.45) is 11.3 Å². The molecule has 3 nitrogen and oxygen atoms in total. The fourth-order valence-electron chi connectivity index (χ4n) is 2.23. The van der Waals surface area contributed by atoms with Crippen LogP contribution in [0.3, 0.4) is 0 Å². The summed E-state index contributed by atoms with van der Waals surface area (Å²) in [6, 6.07) is 0. The second-order valence-corrected chi connectivity index (χ2v) is 5.66. The quantitative estimate of drug-likeness (QED) is 0.785. The van der Waals surface area contributed by atoms with E-state index in [0.717, 1.165) is 32.0 Å². The molecule has 0 spiro atoms. The van der Waals surface area contributed by atoms with E-state index in [1.54, 1.807) is 0 Å². The van der Waals surface area contributed by atoms with Gasteiger partial charge in [0.05, 0.1) is 5.41 Å². The highest BCUT2D eigenvalue weighted by Crippen LogP contribution is 2.24. The van der Waals surface area contributed by atoms with Crippen molar-refractivity contribution in [1.82, 2.24) is 4.90 Å². The van der Waals surface area contributed by atoms with E-state index < -0.39 is 11.4 Å². The summed E-state index contributed by atoms with van der Waals surface area (Å²) < 4.78 is 0. The van der Waals surface area contributed by atoms with Gasteiger partial charge in [-0.2, -0.15) is 0 Å². The molecule has 0 amide bonds. The zero-order valence-corrected chi connectivity index (χ0v) is 10.8. The zero-order valence-electron chi connectivity index (χ0n) is 10.8. The van der Waals surface area contributed by atoms with Gasteiger partial charge in [-0.25, -0.2) is 0 Å². The number of rotatable bonds is 5. The first-order valence-electron chi connectivity index (χ1n) is 6.41. The molecule has 1 unspecified atom stereocenters. The molecule has 0 radical (unpaired) electrons. The van der Waals surface area contributed by atoms with Crippen molar-refractivity contribution in [3.63, 3.8) is 0 Å². The van der Waals surface area contributed by atoms with Crippen LogP contribution in [0.25, 0.3) is 0 Å². The van der Waals surface area contributed by atoms with Crippen LogP contribution in [0, 0.1) is 11.3 Å². The van der Waals surface area contributed by atoms with Crippen LogP contribution in [0.2, 0.25) is 0 Å². The van der Waals surface area contributed by atoms with Crippen molar-refractivity contribution in [3.05, 3.63) is 0 Å². The summed E-state index contributed by atoms with van der Waals surface area (Å²) in [6.45, 7) is 9.11. The molecular formula is C13H25NO2. The molecule has 1 N–H and O–H groups in total. The molecule has 0 bridgehead atoms. The highest BCUT2D eigenvalue weighted by Gasteiger charge is 2.28. The molecule has 16 heavy (non-hydrogen) atoms. The molecule has 1 heterocycles. The lowest BCUT2D eigenvalue weighted by Gasteiger charge is -2.33. The monoisotopic (exact) mass is 227 g/mol. The van der Waals surface area contributed by atoms with E-state index in [-0.39, 0.29) is 0 Å². The fourth-order valence-corrected chi connectivity index (χ4v) is 2.23. The molecule has 0 aromatic heterocycles. The molecule has 1 saturated heterocycles. The first kappa shape index (κ1) is 13.5. The highest BCUT2D eigenvalue weighted by molar-refractivity contribution is 5.73. The van der Waals surface area contributed by atoms with Gasteiger partial charge in [-0.15, -0.1) is 0 Å². The second kappa shape index (κ2) is 5.67. The Balaban J connectivity index is 2.35. The molecule has 0 aromatic carbocycles. The van der Waals surface area contributed by atoms with Crippen LogP contribution < -0.4 is 0 Å². The number of aliphatic carboxylic acids is 1. The Morgan fingerprint density at radius 1 is 1.50 bits per heavy atom. The molecule has 1 rings (SSSR count). The summed E-state index contributed by atoms with van der Waals surface area (Å²) in [6.07, 6.45) is 4.61. The fraction of sp³-hybridized carbons (Fsp3) is 0.923. The van der Waals surface area contributed by atoms with Gasteiger partial charge in [-0.1, -0.05) is 13.3 Å². The highest BCUT2D eigenvalue weighted by atomic mass is 16.4. The summed E-state index contributed by atoms with van der Waals surface area (Å²) in [5.41, 5.74) is -0.584. The third kappa shape index (κ3) is 3.78. The summed E-state index contributed by atoms with van der Waals surface area (Å²) in [5, 5.41) is 9.05. The second-order valence-electron chi connectivity index (χ2n) is 5.66. The summed E-state index contributed by atoms with van der Waals surface area (Å²) >= 11 is 0. The van der Waals surface area contributed by atoms with Crippen molar-refractivity contribution < 1.29 is 9.90 Å². The Hall–Kier alpha value is -0.570. The van der Waals surface area contributed by atoms with Crippen LogP contribution in [-0.2, 0) is 4.79 Å². The van der Waals surface area contributed by atoms with Gasteiger partial charge in [0.1, 0.15) is 0 Å². The lowest BCUT2D eigenvalue weighted by atomic mass is 9.88. The first-order valence-corrected chi connectivity index (χ1v) is 6.41. The lowest BCUT2D eigenvalue weighted by Crippen LogP contribution is -2.38. The number of hydrogen-bond acceptors (Lipinski definition) is 2. The molecule has 3 heteroatoms. The first-order chi connectivity index (χ1) is 7.45. The van der Waals surface area contributed by atoms with Crippen LogP contribution in [0.1, 0.15) is 46.5 Å². The van der Waals surface area contributed by atoms with Gasteiger partial charge >= 0.3 is 5.97 Å². The number of piperidine rings is 1. The standard InChI is InChI=1S/C13H25NO2/c1-4-11-6-5-8-14(10-11)9-7-13(2,3)12(15)16/h11H,4-10H2,1-3H3,(H,15,16). The molecule has 1 aliphatic rings. The van der Waals surface area contributed by atoms with Crippen molar-refractivity contribution in [3.8, 4) is 0 Å². The Bertz CT molecular complexity index is 238. The van der Waals surface area contributed by atoms with Gasteiger partial charge in [-0.3, -0.25) is 4.79 Å². The van der Waals surface area contributed by atoms with Gasteiger partial charge in [0, 0.05) is 6.54 Å². The maximum Gasteiger partial charge on any atom is 0.309 e. The van der Waals surface area contributed by atoms with E-state index in [2.05, 4.69) is 11.8 Å². The van der Waals surface area contributed by atoms with Crippen LogP contribution in [-0.4, -0.2) is 35.6 Å². The van der Waals surface area contributed by atoms with E-state index in [4.69, 9.17) is 5.11 Å². The normalized spacial score (nSPS) is 23.3. The molecular weight excluding hydrogens is 202 g/mol. The third-order valence-corrected chi connectivity index (χ3v) is 3.81. The summed E-state index contributed by atoms with van der Waals surface area (Å²) in [4.78, 5) is 13.4. The van der Waals surface area contributed by atoms with Crippen molar-refractivity contribution in [2.45, 2.75) is 46.5 Å². The largest absolute Gasteiger partial charge is 0.481 e. The van der Waals surface area contributed by atoms with Gasteiger partial charge in [-0.05, 0) is 52.1 Å². The minimum Gasteiger partial charge on any atom is -0.481 e. The Morgan fingerprint density at radius 2 is 2.19 bits per heavy atom. The van der Waals surface area contributed by atoms with Gasteiger partial charge in [0.25, 0.3) is 0 Å². The number of hydrogen-bond donors (Lipinski definition) is 1. The van der Waals surface area contributed by atoms with E-state index in [1.165, 1.54) is 19.3 Å². The molecule has 0 aliphatic carbocycles. The van der Waals surface area contributed by atoms with Crippen LogP contribution in [0.5, 0.6) is 0 Å². The van der Waals surface area contributed by atoms with E-state index in [1.807, 2.05) is 13.8 Å². The molecule has 0 saturated carbocycles. The molecule has 1 fully saturated rings. The average Bonchev–Trinajstić information content (AvgIpc) is 2.26. The molecule has 1 aliphatic heterocycles. The Labute approximate surface area is 98.8 Å². The SMILES string of the molecule is CCC1CCCN(CCC(C)(C)C(=O)O)C1. The van der Waals surface area contributed by atoms with Crippen molar-refractivity contribution >= 4 is 5.97 Å². The zero-order chi connectivity index (χ0) is 12.2. The minimum atomic E-state index is -0.684. The van der Waals surface area contributed by atoms with Gasteiger partial charge in [0.15, 0.2) is 0 Å². The van der Waals surface area contributed by atoms with Crippen molar-refractivity contribution in [2.75, 3.05) is 19.6 Å². The predicted octanol–water partition coefficient (Wildman–Crippen LogP) is 2.61. The maximum absolute atomic E-state index is 11.0. The lowest BCUT2D eigenvalue weighted by molar-refractivity contribution is -0.147. The van der Waals surface area contributed by atoms with Crippen LogP contribution in [0.4, 0.5) is 0 Å². The topological polar surface area (TPSA) is 40.5 Å². The summed E-state index contributed by atoms with van der Waals surface area (Å²) in [7, 11) is 0. The van der Waals surface area contributed by atoms with E-state index >= 15 is 0 Å². The Kier molecular flexibility index (Phi) is 4.78. The number of nitrogens with zero attached hydrogens (tertiary/aromatic N) is 1. The third-order valence-electron chi connectivity index (χ3n) is 3.81. The van der Waals surface area contributed by atoms with Crippen LogP contribution >= 0.6 is 0 Å². The minimum absolute atomic E-state index is 0.584. The van der Waals surface area contributed by atoms with Gasteiger partial charge in [0.2, 0.25) is 0 Å². The number of likely N-dealkylation sites (tertiary alicyclic amines) is 1. The number of carboxylic acids is 1. The number of carbonyl (C=O) groups is 1. The Morgan fingerprint density at radius 3 is 2.75 bits per heavy atom. The maximum atomic E-state index is 11.0. The number of carboxylic acid groups (broad SMARTS) is 1. The molecule has 94 valence electrons. The predicted molar refractivity (Wildman–Crippen MR) is 65.5 cm³/mol.